The Labute approximate surface area is 216 Å². The van der Waals surface area contributed by atoms with Crippen LogP contribution in [-0.2, 0) is 6.54 Å². The Morgan fingerprint density at radius 1 is 0.971 bits per heavy atom. The van der Waals surface area contributed by atoms with E-state index in [-0.39, 0.29) is 6.03 Å². The molecule has 35 heavy (non-hydrogen) atoms. The van der Waals surface area contributed by atoms with E-state index in [1.54, 1.807) is 14.2 Å². The van der Waals surface area contributed by atoms with Gasteiger partial charge < -0.3 is 19.1 Å². The van der Waals surface area contributed by atoms with E-state index in [2.05, 4.69) is 15.9 Å². The number of anilines is 1. The molecule has 0 aromatic heterocycles. The molecule has 2 bridgehead atoms. The van der Waals surface area contributed by atoms with Crippen LogP contribution in [0.25, 0.3) is 0 Å². The molecule has 7 heteroatoms. The molecule has 3 atom stereocenters. The van der Waals surface area contributed by atoms with Crippen molar-refractivity contribution in [2.24, 2.45) is 17.8 Å². The molecule has 0 unspecified atom stereocenters. The highest BCUT2D eigenvalue weighted by Crippen LogP contribution is 2.49. The zero-order valence-electron chi connectivity index (χ0n) is 20.7. The van der Waals surface area contributed by atoms with Crippen molar-refractivity contribution in [3.8, 4) is 17.2 Å². The summed E-state index contributed by atoms with van der Waals surface area (Å²) in [6.45, 7) is 2.60. The molecule has 2 aromatic carbocycles. The quantitative estimate of drug-likeness (QED) is 0.362. The maximum absolute atomic E-state index is 13.5. The molecule has 1 heterocycles. The molecule has 0 radical (unpaired) electrons. The molecule has 2 aromatic rings. The van der Waals surface area contributed by atoms with Crippen molar-refractivity contribution in [1.29, 1.82) is 0 Å². The Kier molecular flexibility index (Phi) is 7.42. The van der Waals surface area contributed by atoms with Crippen LogP contribution >= 0.6 is 15.9 Å². The van der Waals surface area contributed by atoms with Gasteiger partial charge in [-0.15, -0.1) is 0 Å². The summed E-state index contributed by atoms with van der Waals surface area (Å²) >= 11 is 3.49. The van der Waals surface area contributed by atoms with Crippen LogP contribution in [0.1, 0.15) is 44.1 Å². The standard InChI is InChI=1S/C28H35BrN2O4/c1-33-25-9-8-24(17-27(25)35-13-10-21-15-19-4-5-20(21)14-19)31-12-3-11-30(28(31)32)18-22-6-7-23(29)16-26(22)34-2/h6-9,16-17,19-21H,3-5,10-15,18H2,1-2H3/t19-,20+,21-/m1/s1. The number of nitrogens with zero attached hydrogens (tertiary/aromatic N) is 2. The highest BCUT2D eigenvalue weighted by Gasteiger charge is 2.39. The summed E-state index contributed by atoms with van der Waals surface area (Å²) in [5.74, 6) is 4.86. The summed E-state index contributed by atoms with van der Waals surface area (Å²) in [6.07, 6.45) is 7.61. The first-order valence-corrected chi connectivity index (χ1v) is 13.5. The third-order valence-electron chi connectivity index (χ3n) is 8.01. The fourth-order valence-corrected chi connectivity index (χ4v) is 6.56. The van der Waals surface area contributed by atoms with E-state index in [0.29, 0.717) is 31.2 Å². The summed E-state index contributed by atoms with van der Waals surface area (Å²) in [5.41, 5.74) is 1.84. The molecule has 1 saturated heterocycles. The number of hydrogen-bond acceptors (Lipinski definition) is 4. The Morgan fingerprint density at radius 3 is 2.57 bits per heavy atom. The van der Waals surface area contributed by atoms with Gasteiger partial charge in [-0.05, 0) is 74.1 Å². The maximum atomic E-state index is 13.5. The van der Waals surface area contributed by atoms with Gasteiger partial charge in [0.1, 0.15) is 5.75 Å². The van der Waals surface area contributed by atoms with Gasteiger partial charge in [0.2, 0.25) is 0 Å². The molecule has 1 aliphatic heterocycles. The van der Waals surface area contributed by atoms with Crippen LogP contribution in [0.4, 0.5) is 10.5 Å². The monoisotopic (exact) mass is 542 g/mol. The fraction of sp³-hybridized carbons (Fsp3) is 0.536. The lowest BCUT2D eigenvalue weighted by Crippen LogP contribution is -2.49. The zero-order chi connectivity index (χ0) is 24.4. The molecule has 2 amide bonds. The number of carbonyl (C=O) groups excluding carboxylic acids is 1. The summed E-state index contributed by atoms with van der Waals surface area (Å²) in [4.78, 5) is 17.2. The van der Waals surface area contributed by atoms with E-state index in [4.69, 9.17) is 14.2 Å². The molecule has 6 nitrogen and oxygen atoms in total. The van der Waals surface area contributed by atoms with Gasteiger partial charge >= 0.3 is 6.03 Å². The second-order valence-corrected chi connectivity index (χ2v) is 11.0. The van der Waals surface area contributed by atoms with Gasteiger partial charge in [-0.3, -0.25) is 4.90 Å². The SMILES string of the molecule is COc1cc(Br)ccc1CN1CCCN(c2ccc(OC)c(OCC[C@@H]3C[C@@H]4CC[C@H]3C4)c2)C1=O. The van der Waals surface area contributed by atoms with Crippen LogP contribution in [0.2, 0.25) is 0 Å². The van der Waals surface area contributed by atoms with Crippen LogP contribution in [0.15, 0.2) is 40.9 Å². The first kappa shape index (κ1) is 24.3. The van der Waals surface area contributed by atoms with Crippen molar-refractivity contribution < 1.29 is 19.0 Å². The third kappa shape index (κ3) is 5.25. The van der Waals surface area contributed by atoms with Crippen molar-refractivity contribution in [3.63, 3.8) is 0 Å². The van der Waals surface area contributed by atoms with Gasteiger partial charge in [-0.25, -0.2) is 4.79 Å². The number of amides is 2. The van der Waals surface area contributed by atoms with Crippen LogP contribution in [0, 0.1) is 17.8 Å². The third-order valence-corrected chi connectivity index (χ3v) is 8.50. The van der Waals surface area contributed by atoms with E-state index in [9.17, 15) is 4.79 Å². The van der Waals surface area contributed by atoms with Gasteiger partial charge in [0, 0.05) is 34.9 Å². The molecule has 0 spiro atoms. The lowest BCUT2D eigenvalue weighted by Gasteiger charge is -2.36. The summed E-state index contributed by atoms with van der Waals surface area (Å²) < 4.78 is 18.3. The van der Waals surface area contributed by atoms with E-state index in [1.165, 1.54) is 25.7 Å². The molecule has 2 aliphatic carbocycles. The summed E-state index contributed by atoms with van der Waals surface area (Å²) in [5, 5.41) is 0. The normalized spacial score (nSPS) is 23.6. The van der Waals surface area contributed by atoms with E-state index < -0.39 is 0 Å². The molecule has 5 rings (SSSR count). The fourth-order valence-electron chi connectivity index (χ4n) is 6.22. The largest absolute Gasteiger partial charge is 0.496 e. The molecular weight excluding hydrogens is 508 g/mol. The van der Waals surface area contributed by atoms with Crippen LogP contribution in [0.5, 0.6) is 17.2 Å². The van der Waals surface area contributed by atoms with Crippen LogP contribution in [0.3, 0.4) is 0 Å². The first-order chi connectivity index (χ1) is 17.1. The Morgan fingerprint density at radius 2 is 1.83 bits per heavy atom. The number of benzene rings is 2. The molecule has 2 saturated carbocycles. The minimum atomic E-state index is -0.000630. The second-order valence-electron chi connectivity index (χ2n) is 10.1. The number of methoxy groups -OCH3 is 2. The highest BCUT2D eigenvalue weighted by molar-refractivity contribution is 9.10. The van der Waals surface area contributed by atoms with Gasteiger partial charge in [-0.2, -0.15) is 0 Å². The lowest BCUT2D eigenvalue weighted by atomic mass is 9.87. The van der Waals surface area contributed by atoms with Crippen LogP contribution < -0.4 is 19.1 Å². The van der Waals surface area contributed by atoms with Gasteiger partial charge in [0.25, 0.3) is 0 Å². The molecule has 188 valence electrons. The Bertz CT molecular complexity index is 1060. The smallest absolute Gasteiger partial charge is 0.324 e. The number of hydrogen-bond donors (Lipinski definition) is 0. The highest BCUT2D eigenvalue weighted by atomic mass is 79.9. The predicted molar refractivity (Wildman–Crippen MR) is 141 cm³/mol. The lowest BCUT2D eigenvalue weighted by molar-refractivity contribution is 0.191. The van der Waals surface area contributed by atoms with Gasteiger partial charge in [0.15, 0.2) is 11.5 Å². The Balaban J connectivity index is 1.26. The Hall–Kier alpha value is -2.41. The molecule has 0 N–H and O–H groups in total. The zero-order valence-corrected chi connectivity index (χ0v) is 22.3. The van der Waals surface area contributed by atoms with Crippen molar-refractivity contribution in [1.82, 2.24) is 4.90 Å². The number of ether oxygens (including phenoxy) is 3. The number of fused-ring (bicyclic) bond motifs is 2. The van der Waals surface area contributed by atoms with E-state index in [0.717, 1.165) is 58.6 Å². The summed E-state index contributed by atoms with van der Waals surface area (Å²) in [7, 11) is 3.32. The summed E-state index contributed by atoms with van der Waals surface area (Å²) in [6, 6.07) is 11.7. The molecule has 3 fully saturated rings. The van der Waals surface area contributed by atoms with Crippen molar-refractivity contribution >= 4 is 27.6 Å². The van der Waals surface area contributed by atoms with Gasteiger partial charge in [-0.1, -0.05) is 28.4 Å². The number of urea groups is 1. The topological polar surface area (TPSA) is 51.2 Å². The van der Waals surface area contributed by atoms with Crippen molar-refractivity contribution in [2.75, 3.05) is 38.8 Å². The molecule has 3 aliphatic rings. The first-order valence-electron chi connectivity index (χ1n) is 12.8. The predicted octanol–water partition coefficient (Wildman–Crippen LogP) is 6.50. The minimum Gasteiger partial charge on any atom is -0.496 e. The average molecular weight is 544 g/mol. The van der Waals surface area contributed by atoms with Crippen molar-refractivity contribution in [2.45, 2.75) is 45.1 Å². The number of halogens is 1. The maximum Gasteiger partial charge on any atom is 0.324 e. The van der Waals surface area contributed by atoms with E-state index >= 15 is 0 Å². The minimum absolute atomic E-state index is 0.000630. The van der Waals surface area contributed by atoms with Crippen LogP contribution in [-0.4, -0.2) is 44.8 Å². The molecular formula is C28H35BrN2O4. The average Bonchev–Trinajstić information content (AvgIpc) is 3.50. The number of carbonyl (C=O) groups is 1. The second kappa shape index (κ2) is 10.7. The van der Waals surface area contributed by atoms with Gasteiger partial charge in [0.05, 0.1) is 27.4 Å². The van der Waals surface area contributed by atoms with Crippen molar-refractivity contribution in [3.05, 3.63) is 46.4 Å². The number of rotatable bonds is 9. The van der Waals surface area contributed by atoms with E-state index in [1.807, 2.05) is 46.2 Å².